The van der Waals surface area contributed by atoms with Crippen molar-refractivity contribution in [1.82, 2.24) is 0 Å². The van der Waals surface area contributed by atoms with Crippen LogP contribution < -0.4 is 0 Å². The number of allylic oxidation sites excluding steroid dienone is 4. The maximum Gasteiger partial charge on any atom is 3.00 e. The Kier molecular flexibility index (Phi) is 59.3. The van der Waals surface area contributed by atoms with Crippen LogP contribution in [0.1, 0.15) is 20.3 Å². The molecule has 0 aliphatic rings. The van der Waals surface area contributed by atoms with Gasteiger partial charge in [-0.25, -0.2) is 0 Å². The third-order valence-corrected chi connectivity index (χ3v) is 1.09. The van der Waals surface area contributed by atoms with E-state index in [1.165, 1.54) is 0 Å². The number of rotatable bonds is 3. The standard InChI is InChI=1S/C8H14O.3CH2O.3BF4.Fe/c1-4-6-7-8(5-2)9-3;3*1-2;3*2-1(3,4)5;/h4,6-7H,5H2,1-3H3;3*1H2;;;;/q;;;;3*-1;+3. The number of methoxy groups -OCH3 is 1. The molecule has 1 radical (unpaired) electrons. The smallest absolute Gasteiger partial charge is 0.501 e. The van der Waals surface area contributed by atoms with Crippen molar-refractivity contribution in [2.75, 3.05) is 7.11 Å². The first-order valence-corrected chi connectivity index (χ1v) is 6.69. The van der Waals surface area contributed by atoms with Gasteiger partial charge in [0.1, 0.15) is 20.4 Å². The average molecular weight is 533 g/mol. The van der Waals surface area contributed by atoms with E-state index in [1.807, 2.05) is 45.5 Å². The molecule has 0 aromatic carbocycles. The minimum Gasteiger partial charge on any atom is -0.501 e. The molecule has 0 aliphatic heterocycles. The van der Waals surface area contributed by atoms with Crippen molar-refractivity contribution in [1.29, 1.82) is 0 Å². The second-order valence-corrected chi connectivity index (χ2v) is 3.20. The van der Waals surface area contributed by atoms with Crippen LogP contribution in [-0.4, -0.2) is 49.2 Å². The van der Waals surface area contributed by atoms with Crippen LogP contribution in [0.5, 0.6) is 0 Å². The van der Waals surface area contributed by atoms with E-state index in [9.17, 15) is 51.8 Å². The number of hydrogen-bond acceptors (Lipinski definition) is 4. The molecule has 0 saturated carbocycles. The van der Waals surface area contributed by atoms with Gasteiger partial charge in [0.25, 0.3) is 0 Å². The fraction of sp³-hybridized carbons (Fsp3) is 0.364. The van der Waals surface area contributed by atoms with Crippen LogP contribution in [0.3, 0.4) is 0 Å². The molecule has 31 heavy (non-hydrogen) atoms. The molecule has 0 unspecified atom stereocenters. The second kappa shape index (κ2) is 35.6. The van der Waals surface area contributed by atoms with Crippen molar-refractivity contribution in [2.24, 2.45) is 0 Å². The summed E-state index contributed by atoms with van der Waals surface area (Å²) in [5.74, 6) is 1.02. The van der Waals surface area contributed by atoms with Gasteiger partial charge in [-0.05, 0) is 13.0 Å². The van der Waals surface area contributed by atoms with Crippen molar-refractivity contribution in [3.63, 3.8) is 0 Å². The zero-order valence-corrected chi connectivity index (χ0v) is 17.4. The Bertz CT molecular complexity index is 336. The summed E-state index contributed by atoms with van der Waals surface area (Å²) >= 11 is 0. The van der Waals surface area contributed by atoms with Gasteiger partial charge in [0.05, 0.1) is 12.9 Å². The second-order valence-electron chi connectivity index (χ2n) is 3.20. The zero-order valence-electron chi connectivity index (χ0n) is 16.3. The van der Waals surface area contributed by atoms with E-state index in [0.29, 0.717) is 0 Å². The van der Waals surface area contributed by atoms with E-state index < -0.39 is 21.8 Å². The zero-order chi connectivity index (χ0) is 26.6. The van der Waals surface area contributed by atoms with E-state index in [2.05, 4.69) is 6.92 Å². The Hall–Kier alpha value is -1.84. The van der Waals surface area contributed by atoms with Gasteiger partial charge < -0.3 is 70.9 Å². The summed E-state index contributed by atoms with van der Waals surface area (Å²) in [6.07, 6.45) is 6.89. The third kappa shape index (κ3) is 507. The number of carbonyl (C=O) groups is 3. The minimum absolute atomic E-state index is 0. The van der Waals surface area contributed by atoms with Gasteiger partial charge in [0.15, 0.2) is 0 Å². The molecule has 0 spiro atoms. The molecule has 0 bridgehead atoms. The van der Waals surface area contributed by atoms with Crippen molar-refractivity contribution in [2.45, 2.75) is 20.3 Å². The van der Waals surface area contributed by atoms with Gasteiger partial charge in [-0.2, -0.15) is 0 Å². The molecule has 0 saturated heterocycles. The molecule has 0 N–H and O–H groups in total. The summed E-state index contributed by atoms with van der Waals surface area (Å²) in [7, 11) is -16.3. The largest absolute Gasteiger partial charge is 3.00 e. The first-order chi connectivity index (χ1) is 13.3. The molecule has 0 aliphatic carbocycles. The summed E-state index contributed by atoms with van der Waals surface area (Å²) in [5.41, 5.74) is 0. The first-order valence-electron chi connectivity index (χ1n) is 6.69. The molecular formula is C11H20B3F12FeO4. The van der Waals surface area contributed by atoms with Crippen LogP contribution >= 0.6 is 0 Å². The van der Waals surface area contributed by atoms with Crippen LogP contribution in [0.15, 0.2) is 24.0 Å². The molecule has 0 aromatic rings. The Morgan fingerprint density at radius 3 is 1.00 bits per heavy atom. The van der Waals surface area contributed by atoms with Crippen molar-refractivity contribution in [3.8, 4) is 0 Å². The summed E-state index contributed by atoms with van der Waals surface area (Å²) in [6, 6.07) is 0. The first kappa shape index (κ1) is 51.6. The average Bonchev–Trinajstić information content (AvgIpc) is 2.57. The van der Waals surface area contributed by atoms with Gasteiger partial charge in [0, 0.05) is 6.42 Å². The van der Waals surface area contributed by atoms with E-state index in [4.69, 9.17) is 19.1 Å². The maximum absolute atomic E-state index is 9.75. The van der Waals surface area contributed by atoms with Crippen molar-refractivity contribution < 1.29 is 88.0 Å². The van der Waals surface area contributed by atoms with Crippen molar-refractivity contribution >= 4 is 42.1 Å². The maximum atomic E-state index is 9.75. The predicted octanol–water partition coefficient (Wildman–Crippen LogP) is 5.85. The van der Waals surface area contributed by atoms with E-state index in [-0.39, 0.29) is 17.1 Å². The molecular weight excluding hydrogens is 512 g/mol. The topological polar surface area (TPSA) is 60.4 Å². The summed E-state index contributed by atoms with van der Waals surface area (Å²) in [5, 5.41) is 0. The van der Waals surface area contributed by atoms with E-state index >= 15 is 0 Å². The molecule has 20 heteroatoms. The number of halogens is 12. The molecule has 0 rings (SSSR count). The molecule has 0 atom stereocenters. The normalized spacial score (nSPS) is 9.84. The van der Waals surface area contributed by atoms with Crippen LogP contribution in [0.4, 0.5) is 51.8 Å². The summed E-state index contributed by atoms with van der Waals surface area (Å²) < 4.78 is 122. The fourth-order valence-electron chi connectivity index (χ4n) is 0.534. The SMILES string of the molecule is C=O.C=O.C=O.CC=CC=C(CC)OC.F[B-](F)(F)F.F[B-](F)(F)F.F[B-](F)(F)F.[Fe+3]. The Labute approximate surface area is 182 Å². The summed E-state index contributed by atoms with van der Waals surface area (Å²) in [4.78, 5) is 24.0. The Morgan fingerprint density at radius 2 is 0.903 bits per heavy atom. The molecule has 0 heterocycles. The molecule has 189 valence electrons. The van der Waals surface area contributed by atoms with Gasteiger partial charge in [-0.1, -0.05) is 19.1 Å². The number of ether oxygens (including phenoxy) is 1. The molecule has 4 nitrogen and oxygen atoms in total. The predicted molar refractivity (Wildman–Crippen MR) is 92.1 cm³/mol. The number of hydrogen-bond donors (Lipinski definition) is 0. The summed E-state index contributed by atoms with van der Waals surface area (Å²) in [6.45, 7) is 10.1. The molecule has 0 amide bonds. The van der Waals surface area contributed by atoms with E-state index in [1.54, 1.807) is 7.11 Å². The fourth-order valence-corrected chi connectivity index (χ4v) is 0.534. The number of carbonyl (C=O) groups excluding carboxylic acids is 3. The van der Waals surface area contributed by atoms with E-state index in [0.717, 1.165) is 12.2 Å². The van der Waals surface area contributed by atoms with Gasteiger partial charge in [-0.15, -0.1) is 0 Å². The van der Waals surface area contributed by atoms with Gasteiger partial charge >= 0.3 is 38.8 Å². The quantitative estimate of drug-likeness (QED) is 0.198. The van der Waals surface area contributed by atoms with Gasteiger partial charge in [-0.3, -0.25) is 0 Å². The van der Waals surface area contributed by atoms with Crippen LogP contribution in [0.25, 0.3) is 0 Å². The third-order valence-electron chi connectivity index (χ3n) is 1.09. The van der Waals surface area contributed by atoms with Crippen molar-refractivity contribution in [3.05, 3.63) is 24.0 Å². The van der Waals surface area contributed by atoms with Crippen LogP contribution in [0, 0.1) is 0 Å². The molecule has 0 aromatic heterocycles. The van der Waals surface area contributed by atoms with Gasteiger partial charge in [0.2, 0.25) is 0 Å². The van der Waals surface area contributed by atoms with Crippen LogP contribution in [0.2, 0.25) is 0 Å². The Balaban J connectivity index is -0.0000000356. The monoisotopic (exact) mass is 533 g/mol. The minimum atomic E-state index is -6.00. The molecule has 0 fully saturated rings. The van der Waals surface area contributed by atoms with Crippen LogP contribution in [-0.2, 0) is 36.2 Å². The Morgan fingerprint density at radius 1 is 0.710 bits per heavy atom.